The van der Waals surface area contributed by atoms with Crippen molar-refractivity contribution in [2.45, 2.75) is 12.3 Å². The van der Waals surface area contributed by atoms with Gasteiger partial charge in [-0.2, -0.15) is 16.7 Å². The predicted octanol–water partition coefficient (Wildman–Crippen LogP) is 0.572. The maximum absolute atomic E-state index is 5.04. The van der Waals surface area contributed by atoms with Crippen LogP contribution in [0.1, 0.15) is 11.7 Å². The van der Waals surface area contributed by atoms with Crippen molar-refractivity contribution >= 4 is 11.8 Å². The third kappa shape index (κ3) is 2.11. The third-order valence-electron chi connectivity index (χ3n) is 1.57. The molecule has 7 heteroatoms. The molecule has 0 aliphatic carbocycles. The summed E-state index contributed by atoms with van der Waals surface area (Å²) < 4.78 is 6.81. The number of thioether (sulfide) groups is 1. The van der Waals surface area contributed by atoms with E-state index < -0.39 is 0 Å². The van der Waals surface area contributed by atoms with E-state index in [4.69, 9.17) is 4.52 Å². The van der Waals surface area contributed by atoms with E-state index in [0.717, 1.165) is 11.6 Å². The Kier molecular flexibility index (Phi) is 2.78. The third-order valence-corrected chi connectivity index (χ3v) is 2.11. The molecule has 0 aromatic carbocycles. The van der Waals surface area contributed by atoms with Gasteiger partial charge in [-0.3, -0.25) is 0 Å². The molecule has 2 heterocycles. The van der Waals surface area contributed by atoms with Gasteiger partial charge in [0, 0.05) is 0 Å². The molecule has 0 saturated carbocycles. The van der Waals surface area contributed by atoms with Crippen molar-refractivity contribution < 1.29 is 4.52 Å². The molecule has 0 saturated heterocycles. The van der Waals surface area contributed by atoms with E-state index in [1.165, 1.54) is 0 Å². The van der Waals surface area contributed by atoms with Crippen molar-refractivity contribution in [3.8, 4) is 0 Å². The van der Waals surface area contributed by atoms with E-state index in [2.05, 4.69) is 20.3 Å². The van der Waals surface area contributed by atoms with Crippen molar-refractivity contribution in [1.29, 1.82) is 0 Å². The van der Waals surface area contributed by atoms with Crippen LogP contribution in [-0.4, -0.2) is 31.2 Å². The van der Waals surface area contributed by atoms with Crippen LogP contribution < -0.4 is 0 Å². The molecule has 2 aromatic rings. The SMILES string of the molecule is CSCc1noc(Cn2cnnc2)n1. The monoisotopic (exact) mass is 211 g/mol. The molecule has 0 N–H and O–H groups in total. The normalized spacial score (nSPS) is 10.6. The molecule has 0 unspecified atom stereocenters. The highest BCUT2D eigenvalue weighted by Crippen LogP contribution is 2.06. The lowest BCUT2D eigenvalue weighted by molar-refractivity contribution is 0.367. The molecule has 0 atom stereocenters. The molecule has 0 aliphatic rings. The molecule has 2 aromatic heterocycles. The van der Waals surface area contributed by atoms with Gasteiger partial charge in [-0.25, -0.2) is 0 Å². The Balaban J connectivity index is 2.03. The summed E-state index contributed by atoms with van der Waals surface area (Å²) in [7, 11) is 0. The summed E-state index contributed by atoms with van der Waals surface area (Å²) in [6.45, 7) is 0.522. The van der Waals surface area contributed by atoms with E-state index in [0.29, 0.717) is 12.4 Å². The van der Waals surface area contributed by atoms with Crippen LogP contribution in [0.15, 0.2) is 17.2 Å². The lowest BCUT2D eigenvalue weighted by atomic mass is 10.6. The van der Waals surface area contributed by atoms with Crippen molar-refractivity contribution in [2.24, 2.45) is 0 Å². The van der Waals surface area contributed by atoms with Crippen LogP contribution in [0.5, 0.6) is 0 Å². The van der Waals surface area contributed by atoms with E-state index in [-0.39, 0.29) is 0 Å². The molecule has 0 bridgehead atoms. The number of aromatic nitrogens is 5. The zero-order valence-electron chi connectivity index (χ0n) is 7.62. The van der Waals surface area contributed by atoms with Crippen LogP contribution in [0.3, 0.4) is 0 Å². The number of hydrogen-bond acceptors (Lipinski definition) is 6. The number of hydrogen-bond donors (Lipinski definition) is 0. The first-order chi connectivity index (χ1) is 6.88. The summed E-state index contributed by atoms with van der Waals surface area (Å²) in [4.78, 5) is 4.20. The Morgan fingerprint density at radius 3 is 2.93 bits per heavy atom. The lowest BCUT2D eigenvalue weighted by Crippen LogP contribution is -1.96. The minimum atomic E-state index is 0.522. The van der Waals surface area contributed by atoms with E-state index >= 15 is 0 Å². The van der Waals surface area contributed by atoms with Gasteiger partial charge >= 0.3 is 0 Å². The maximum atomic E-state index is 5.04. The summed E-state index contributed by atoms with van der Waals surface area (Å²) in [6.07, 6.45) is 5.21. The van der Waals surface area contributed by atoms with E-state index in [9.17, 15) is 0 Å². The Hall–Kier alpha value is -1.37. The number of rotatable bonds is 4. The summed E-state index contributed by atoms with van der Waals surface area (Å²) in [5, 5.41) is 11.2. The Morgan fingerprint density at radius 1 is 1.43 bits per heavy atom. The zero-order valence-corrected chi connectivity index (χ0v) is 8.44. The second-order valence-electron chi connectivity index (χ2n) is 2.67. The van der Waals surface area contributed by atoms with Gasteiger partial charge < -0.3 is 9.09 Å². The first-order valence-corrected chi connectivity index (χ1v) is 5.40. The van der Waals surface area contributed by atoms with Crippen LogP contribution >= 0.6 is 11.8 Å². The second-order valence-corrected chi connectivity index (χ2v) is 3.54. The molecular formula is C7H9N5OS. The van der Waals surface area contributed by atoms with E-state index in [1.54, 1.807) is 29.0 Å². The summed E-state index contributed by atoms with van der Waals surface area (Å²) in [5.41, 5.74) is 0. The molecule has 0 spiro atoms. The summed E-state index contributed by atoms with van der Waals surface area (Å²) in [6, 6.07) is 0. The number of nitrogens with zero attached hydrogens (tertiary/aromatic N) is 5. The van der Waals surface area contributed by atoms with Gasteiger partial charge in [0.25, 0.3) is 0 Å². The standard InChI is InChI=1S/C7H9N5OS/c1-14-3-6-10-7(13-11-6)2-12-4-8-9-5-12/h4-5H,2-3H2,1H3. The summed E-state index contributed by atoms with van der Waals surface area (Å²) in [5.74, 6) is 2.07. The van der Waals surface area contributed by atoms with Crippen LogP contribution in [0.25, 0.3) is 0 Å². The molecule has 0 amide bonds. The first-order valence-electron chi connectivity index (χ1n) is 4.01. The smallest absolute Gasteiger partial charge is 0.246 e. The van der Waals surface area contributed by atoms with Crippen molar-refractivity contribution in [1.82, 2.24) is 24.9 Å². The Labute approximate surface area is 84.7 Å². The Bertz CT molecular complexity index is 384. The van der Waals surface area contributed by atoms with Gasteiger partial charge in [0.05, 0.1) is 5.75 Å². The van der Waals surface area contributed by atoms with Crippen LogP contribution in [0.4, 0.5) is 0 Å². The fourth-order valence-corrected chi connectivity index (χ4v) is 1.38. The summed E-state index contributed by atoms with van der Waals surface area (Å²) >= 11 is 1.66. The predicted molar refractivity (Wildman–Crippen MR) is 50.6 cm³/mol. The lowest BCUT2D eigenvalue weighted by Gasteiger charge is -1.92. The second kappa shape index (κ2) is 4.23. The van der Waals surface area contributed by atoms with Gasteiger partial charge in [-0.05, 0) is 6.26 Å². The molecule has 0 fully saturated rings. The average molecular weight is 211 g/mol. The van der Waals surface area contributed by atoms with Crippen LogP contribution in [0, 0.1) is 0 Å². The molecule has 14 heavy (non-hydrogen) atoms. The molecular weight excluding hydrogens is 202 g/mol. The largest absolute Gasteiger partial charge is 0.337 e. The maximum Gasteiger partial charge on any atom is 0.246 e. The van der Waals surface area contributed by atoms with Crippen molar-refractivity contribution in [3.05, 3.63) is 24.4 Å². The van der Waals surface area contributed by atoms with Gasteiger partial charge in [-0.1, -0.05) is 5.16 Å². The first kappa shape index (κ1) is 9.20. The topological polar surface area (TPSA) is 69.6 Å². The van der Waals surface area contributed by atoms with Crippen molar-refractivity contribution in [2.75, 3.05) is 6.26 Å². The molecule has 0 aliphatic heterocycles. The average Bonchev–Trinajstić information content (AvgIpc) is 2.79. The molecule has 2 rings (SSSR count). The minimum absolute atomic E-state index is 0.522. The molecule has 0 radical (unpaired) electrons. The van der Waals surface area contributed by atoms with Gasteiger partial charge in [0.15, 0.2) is 5.82 Å². The Morgan fingerprint density at radius 2 is 2.21 bits per heavy atom. The van der Waals surface area contributed by atoms with E-state index in [1.807, 2.05) is 6.26 Å². The van der Waals surface area contributed by atoms with Crippen molar-refractivity contribution in [3.63, 3.8) is 0 Å². The fourth-order valence-electron chi connectivity index (χ4n) is 1.00. The molecule has 6 nitrogen and oxygen atoms in total. The van der Waals surface area contributed by atoms with Crippen LogP contribution in [0.2, 0.25) is 0 Å². The van der Waals surface area contributed by atoms with Gasteiger partial charge in [0.2, 0.25) is 5.89 Å². The highest BCUT2D eigenvalue weighted by Gasteiger charge is 2.05. The fraction of sp³-hybridized carbons (Fsp3) is 0.429. The van der Waals surface area contributed by atoms with Gasteiger partial charge in [-0.15, -0.1) is 10.2 Å². The minimum Gasteiger partial charge on any atom is -0.337 e. The van der Waals surface area contributed by atoms with Crippen LogP contribution in [-0.2, 0) is 12.3 Å². The van der Waals surface area contributed by atoms with Gasteiger partial charge in [0.1, 0.15) is 19.2 Å². The quantitative estimate of drug-likeness (QED) is 0.736. The highest BCUT2D eigenvalue weighted by atomic mass is 32.2. The zero-order chi connectivity index (χ0) is 9.80. The highest BCUT2D eigenvalue weighted by molar-refractivity contribution is 7.97. The molecule has 74 valence electrons.